The molecule has 268 valence electrons. The van der Waals surface area contributed by atoms with Crippen LogP contribution in [0.4, 0.5) is 0 Å². The Morgan fingerprint density at radius 2 is 1.16 bits per heavy atom. The lowest BCUT2D eigenvalue weighted by atomic mass is 9.80. The van der Waals surface area contributed by atoms with Gasteiger partial charge in [-0.1, -0.05) is 112 Å². The highest BCUT2D eigenvalue weighted by atomic mass is 32.2. The minimum Gasteiger partial charge on any atom is -0.356 e. The standard InChI is InChI=1S/C40H43NO8S2/c1-39(2,3)38(42)41-22-21-28-23-29(35-30(26-48-50(4,43)44)24-31(36(35)37(28)41)27-49-51(5,45)46)25-47-40(32-15-9-6-10-16-32,33-17-11-7-12-18-33)34-19-13-8-14-20-34/h6-23,30-31H,24-27H2,1-5H3/t30-,31+/m0/s1. The molecular formula is C40H43NO8S2. The van der Waals surface area contributed by atoms with Gasteiger partial charge in [-0.2, -0.15) is 16.8 Å². The van der Waals surface area contributed by atoms with Crippen LogP contribution in [0.2, 0.25) is 0 Å². The van der Waals surface area contributed by atoms with Crippen LogP contribution in [-0.2, 0) is 45.5 Å². The van der Waals surface area contributed by atoms with E-state index in [1.807, 2.05) is 124 Å². The summed E-state index contributed by atoms with van der Waals surface area (Å²) in [5, 5.41) is 0.767. The van der Waals surface area contributed by atoms with Crippen LogP contribution in [0.15, 0.2) is 109 Å². The van der Waals surface area contributed by atoms with Crippen molar-refractivity contribution in [1.29, 1.82) is 0 Å². The summed E-state index contributed by atoms with van der Waals surface area (Å²) >= 11 is 0. The number of carbonyl (C=O) groups is 1. The summed E-state index contributed by atoms with van der Waals surface area (Å²) in [5.41, 5.74) is 3.87. The number of ether oxygens (including phenoxy) is 1. The molecule has 51 heavy (non-hydrogen) atoms. The minimum absolute atomic E-state index is 0.0877. The molecule has 0 bridgehead atoms. The third kappa shape index (κ3) is 7.73. The maximum absolute atomic E-state index is 13.8. The van der Waals surface area contributed by atoms with Crippen LogP contribution < -0.4 is 0 Å². The van der Waals surface area contributed by atoms with E-state index in [1.165, 1.54) is 0 Å². The molecule has 0 unspecified atom stereocenters. The van der Waals surface area contributed by atoms with Gasteiger partial charge in [0.05, 0.1) is 37.8 Å². The molecular weight excluding hydrogens is 687 g/mol. The maximum Gasteiger partial charge on any atom is 0.264 e. The van der Waals surface area contributed by atoms with Gasteiger partial charge in [0.25, 0.3) is 20.2 Å². The van der Waals surface area contributed by atoms with Gasteiger partial charge in [0.1, 0.15) is 5.60 Å². The molecule has 0 amide bonds. The normalized spacial score (nSPS) is 16.7. The summed E-state index contributed by atoms with van der Waals surface area (Å²) in [4.78, 5) is 13.8. The minimum atomic E-state index is -3.81. The predicted molar refractivity (Wildman–Crippen MR) is 198 cm³/mol. The smallest absolute Gasteiger partial charge is 0.264 e. The van der Waals surface area contributed by atoms with E-state index >= 15 is 0 Å². The van der Waals surface area contributed by atoms with E-state index in [0.717, 1.165) is 51.3 Å². The van der Waals surface area contributed by atoms with Crippen molar-refractivity contribution in [3.05, 3.63) is 143 Å². The van der Waals surface area contributed by atoms with E-state index in [0.29, 0.717) is 11.9 Å². The number of nitrogens with zero attached hydrogens (tertiary/aromatic N) is 1. The molecule has 0 saturated carbocycles. The van der Waals surface area contributed by atoms with Crippen molar-refractivity contribution in [3.8, 4) is 0 Å². The first-order chi connectivity index (χ1) is 24.1. The molecule has 6 rings (SSSR count). The summed E-state index contributed by atoms with van der Waals surface area (Å²) in [6.07, 6.45) is 4.07. The number of fused-ring (bicyclic) bond motifs is 3. The lowest BCUT2D eigenvalue weighted by molar-refractivity contribution is -0.000174. The van der Waals surface area contributed by atoms with Crippen LogP contribution in [0.5, 0.6) is 0 Å². The molecule has 0 N–H and O–H groups in total. The second-order valence-electron chi connectivity index (χ2n) is 14.2. The zero-order valence-electron chi connectivity index (χ0n) is 29.4. The summed E-state index contributed by atoms with van der Waals surface area (Å²) in [6.45, 7) is 5.25. The Kier molecular flexibility index (Phi) is 10.1. The van der Waals surface area contributed by atoms with Crippen molar-refractivity contribution in [2.75, 3.05) is 25.7 Å². The first-order valence-corrected chi connectivity index (χ1v) is 20.4. The van der Waals surface area contributed by atoms with Crippen molar-refractivity contribution >= 4 is 37.0 Å². The van der Waals surface area contributed by atoms with Crippen molar-refractivity contribution < 1.29 is 34.7 Å². The van der Waals surface area contributed by atoms with Gasteiger partial charge in [-0.3, -0.25) is 17.7 Å². The number of carbonyl (C=O) groups excluding carboxylic acids is 1. The fourth-order valence-electron chi connectivity index (χ4n) is 7.21. The molecule has 0 spiro atoms. The predicted octanol–water partition coefficient (Wildman–Crippen LogP) is 7.36. The highest BCUT2D eigenvalue weighted by Gasteiger charge is 2.41. The molecule has 1 heterocycles. The zero-order valence-corrected chi connectivity index (χ0v) is 31.0. The van der Waals surface area contributed by atoms with Gasteiger partial charge in [0.15, 0.2) is 0 Å². The van der Waals surface area contributed by atoms with Crippen molar-refractivity contribution in [3.63, 3.8) is 0 Å². The lowest BCUT2D eigenvalue weighted by Gasteiger charge is -2.36. The molecule has 2 atom stereocenters. The van der Waals surface area contributed by atoms with Gasteiger partial charge in [-0.05, 0) is 51.9 Å². The Labute approximate surface area is 300 Å². The Morgan fingerprint density at radius 3 is 1.59 bits per heavy atom. The number of hydrogen-bond acceptors (Lipinski definition) is 8. The van der Waals surface area contributed by atoms with Crippen LogP contribution in [0.3, 0.4) is 0 Å². The van der Waals surface area contributed by atoms with Gasteiger partial charge in [0.2, 0.25) is 5.91 Å². The van der Waals surface area contributed by atoms with E-state index in [9.17, 15) is 21.6 Å². The van der Waals surface area contributed by atoms with Crippen LogP contribution in [-0.4, -0.2) is 53.0 Å². The average molecular weight is 730 g/mol. The molecule has 0 radical (unpaired) electrons. The molecule has 5 aromatic rings. The second kappa shape index (κ2) is 14.1. The van der Waals surface area contributed by atoms with Crippen molar-refractivity contribution in [2.45, 2.75) is 51.2 Å². The highest BCUT2D eigenvalue weighted by Crippen LogP contribution is 2.49. The monoisotopic (exact) mass is 729 g/mol. The second-order valence-corrected chi connectivity index (χ2v) is 17.5. The molecule has 0 aliphatic heterocycles. The van der Waals surface area contributed by atoms with E-state index in [4.69, 9.17) is 13.1 Å². The molecule has 11 heteroatoms. The Hall–Kier alpha value is -4.13. The van der Waals surface area contributed by atoms with Crippen LogP contribution in [0, 0.1) is 5.41 Å². The number of aromatic nitrogens is 1. The van der Waals surface area contributed by atoms with Crippen molar-refractivity contribution in [1.82, 2.24) is 4.57 Å². The van der Waals surface area contributed by atoms with Gasteiger partial charge in [0, 0.05) is 28.8 Å². The molecule has 4 aromatic carbocycles. The number of hydrogen-bond donors (Lipinski definition) is 0. The van der Waals surface area contributed by atoms with Gasteiger partial charge in [-0.15, -0.1) is 0 Å². The van der Waals surface area contributed by atoms with E-state index in [1.54, 1.807) is 10.8 Å². The largest absolute Gasteiger partial charge is 0.356 e. The topological polar surface area (TPSA) is 118 Å². The van der Waals surface area contributed by atoms with Gasteiger partial charge in [-0.25, -0.2) is 0 Å². The fraction of sp³-hybridized carbons (Fsp3) is 0.325. The summed E-state index contributed by atoms with van der Waals surface area (Å²) < 4.78 is 68.7. The third-order valence-corrected chi connectivity index (χ3v) is 10.5. The number of rotatable bonds is 12. The molecule has 1 aliphatic rings. The first kappa shape index (κ1) is 36.7. The van der Waals surface area contributed by atoms with Crippen LogP contribution in [0.1, 0.15) is 77.2 Å². The summed E-state index contributed by atoms with van der Waals surface area (Å²) in [6, 6.07) is 33.8. The Bertz CT molecular complexity index is 2150. The van der Waals surface area contributed by atoms with Gasteiger partial charge < -0.3 is 4.74 Å². The van der Waals surface area contributed by atoms with Crippen molar-refractivity contribution in [2.24, 2.45) is 5.41 Å². The van der Waals surface area contributed by atoms with Gasteiger partial charge >= 0.3 is 0 Å². The van der Waals surface area contributed by atoms with Crippen LogP contribution >= 0.6 is 0 Å². The quantitative estimate of drug-likeness (QED) is 0.0966. The molecule has 1 aliphatic carbocycles. The zero-order chi connectivity index (χ0) is 36.6. The number of benzene rings is 4. The summed E-state index contributed by atoms with van der Waals surface area (Å²) in [5.74, 6) is -1.11. The summed E-state index contributed by atoms with van der Waals surface area (Å²) in [7, 11) is -7.63. The lowest BCUT2D eigenvalue weighted by Crippen LogP contribution is -2.33. The van der Waals surface area contributed by atoms with E-state index < -0.39 is 43.1 Å². The Morgan fingerprint density at radius 1 is 0.706 bits per heavy atom. The molecule has 0 fully saturated rings. The fourth-order valence-corrected chi connectivity index (χ4v) is 8.03. The highest BCUT2D eigenvalue weighted by molar-refractivity contribution is 7.86. The van der Waals surface area contributed by atoms with E-state index in [-0.39, 0.29) is 25.7 Å². The molecule has 9 nitrogen and oxygen atoms in total. The van der Waals surface area contributed by atoms with Crippen LogP contribution in [0.25, 0.3) is 10.9 Å². The maximum atomic E-state index is 13.8. The third-order valence-electron chi connectivity index (χ3n) is 9.34. The SMILES string of the molecule is CC(C)(C)C(=O)n1ccc2cc(COC(c3ccccc3)(c3ccccc3)c3ccccc3)c3c(c21)[C@@H](COS(C)(=O)=O)C[C@H]3COS(C)(=O)=O. The average Bonchev–Trinajstić information content (AvgIpc) is 3.68. The first-order valence-electron chi connectivity index (χ1n) is 16.8. The van der Waals surface area contributed by atoms with E-state index in [2.05, 4.69) is 0 Å². The molecule has 1 aromatic heterocycles. The Balaban J connectivity index is 1.58. The molecule has 0 saturated heterocycles.